The van der Waals surface area contributed by atoms with Crippen LogP contribution in [0.4, 0.5) is 14.5 Å². The Hall–Kier alpha value is -1.82. The zero-order valence-electron chi connectivity index (χ0n) is 10.4. The number of hydrogen-bond acceptors (Lipinski definition) is 3. The molecule has 3 aliphatic rings. The number of ether oxygens (including phenoxy) is 1. The van der Waals surface area contributed by atoms with Gasteiger partial charge in [-0.05, 0) is 25.0 Å². The molecule has 0 saturated carbocycles. The molecule has 2 amide bonds. The minimum atomic E-state index is -1.07. The van der Waals surface area contributed by atoms with Crippen molar-refractivity contribution in [2.24, 2.45) is 11.8 Å². The van der Waals surface area contributed by atoms with Gasteiger partial charge in [0.05, 0.1) is 29.7 Å². The van der Waals surface area contributed by atoms with E-state index in [-0.39, 0.29) is 29.7 Å². The molecule has 0 spiro atoms. The number of hydrogen-bond donors (Lipinski definition) is 0. The molecule has 4 atom stereocenters. The van der Waals surface area contributed by atoms with Crippen molar-refractivity contribution in [2.45, 2.75) is 25.0 Å². The van der Waals surface area contributed by atoms with Crippen LogP contribution in [0.15, 0.2) is 18.2 Å². The van der Waals surface area contributed by atoms with Gasteiger partial charge in [-0.15, -0.1) is 0 Å². The van der Waals surface area contributed by atoms with E-state index in [1.807, 2.05) is 0 Å². The Kier molecular flexibility index (Phi) is 2.30. The van der Waals surface area contributed by atoms with Crippen LogP contribution >= 0.6 is 0 Å². The summed E-state index contributed by atoms with van der Waals surface area (Å²) in [4.78, 5) is 25.8. The van der Waals surface area contributed by atoms with Crippen LogP contribution in [-0.2, 0) is 14.3 Å². The molecule has 1 aromatic rings. The van der Waals surface area contributed by atoms with Crippen molar-refractivity contribution in [3.63, 3.8) is 0 Å². The zero-order chi connectivity index (χ0) is 14.0. The Bertz CT molecular complexity index is 605. The second-order valence-corrected chi connectivity index (χ2v) is 5.45. The maximum Gasteiger partial charge on any atom is 0.240 e. The van der Waals surface area contributed by atoms with Crippen molar-refractivity contribution in [1.29, 1.82) is 0 Å². The van der Waals surface area contributed by atoms with Gasteiger partial charge < -0.3 is 4.74 Å². The molecule has 3 saturated heterocycles. The highest BCUT2D eigenvalue weighted by Gasteiger charge is 2.62. The monoisotopic (exact) mass is 279 g/mol. The predicted molar refractivity (Wildman–Crippen MR) is 63.7 cm³/mol. The molecule has 0 radical (unpaired) electrons. The van der Waals surface area contributed by atoms with Gasteiger partial charge in [0.1, 0.15) is 0 Å². The molecule has 4 nitrogen and oxygen atoms in total. The average Bonchev–Trinajstić information content (AvgIpc) is 3.08. The van der Waals surface area contributed by atoms with Gasteiger partial charge in [0.2, 0.25) is 11.8 Å². The standard InChI is InChI=1S/C14H11F2NO3/c15-7-2-1-6(5-8(7)16)17-13(18)11-9-3-4-10(20-9)12(11)14(17)19/h1-2,5,9-12H,3-4H2/t9-,10+,11-,12+. The number of nitrogens with zero attached hydrogens (tertiary/aromatic N) is 1. The van der Waals surface area contributed by atoms with E-state index in [0.29, 0.717) is 0 Å². The van der Waals surface area contributed by atoms with Crippen LogP contribution in [0.1, 0.15) is 12.8 Å². The molecule has 0 N–H and O–H groups in total. The maximum atomic E-state index is 13.3. The first-order valence-corrected chi connectivity index (χ1v) is 6.56. The summed E-state index contributed by atoms with van der Waals surface area (Å²) in [7, 11) is 0. The van der Waals surface area contributed by atoms with Crippen LogP contribution in [0.2, 0.25) is 0 Å². The Morgan fingerprint density at radius 2 is 1.60 bits per heavy atom. The molecule has 3 fully saturated rings. The summed E-state index contributed by atoms with van der Waals surface area (Å²) in [5.74, 6) is -3.73. The summed E-state index contributed by atoms with van der Waals surface area (Å²) in [6.07, 6.45) is 1.13. The lowest BCUT2D eigenvalue weighted by atomic mass is 9.81. The molecule has 20 heavy (non-hydrogen) atoms. The minimum Gasteiger partial charge on any atom is -0.373 e. The van der Waals surface area contributed by atoms with Crippen molar-refractivity contribution < 1.29 is 23.1 Å². The number of imide groups is 1. The molecule has 6 heteroatoms. The van der Waals surface area contributed by atoms with Gasteiger partial charge in [0.25, 0.3) is 0 Å². The van der Waals surface area contributed by atoms with E-state index in [0.717, 1.165) is 29.9 Å². The topological polar surface area (TPSA) is 46.6 Å². The van der Waals surface area contributed by atoms with Crippen LogP contribution in [0, 0.1) is 23.5 Å². The number of benzene rings is 1. The summed E-state index contributed by atoms with van der Waals surface area (Å²) in [5.41, 5.74) is 0.0905. The Labute approximate surface area is 113 Å². The van der Waals surface area contributed by atoms with E-state index >= 15 is 0 Å². The number of carbonyl (C=O) groups excluding carboxylic acids is 2. The third-order valence-corrected chi connectivity index (χ3v) is 4.45. The van der Waals surface area contributed by atoms with Gasteiger partial charge in [-0.1, -0.05) is 0 Å². The molecule has 3 heterocycles. The highest BCUT2D eigenvalue weighted by atomic mass is 19.2. The first kappa shape index (κ1) is 12.0. The number of anilines is 1. The summed E-state index contributed by atoms with van der Waals surface area (Å²) in [6, 6.07) is 3.05. The Morgan fingerprint density at radius 1 is 1.00 bits per heavy atom. The summed E-state index contributed by atoms with van der Waals surface area (Å²) >= 11 is 0. The van der Waals surface area contributed by atoms with E-state index in [4.69, 9.17) is 4.74 Å². The number of fused-ring (bicyclic) bond motifs is 5. The van der Waals surface area contributed by atoms with Crippen LogP contribution in [0.3, 0.4) is 0 Å². The number of rotatable bonds is 1. The van der Waals surface area contributed by atoms with Gasteiger partial charge in [-0.25, -0.2) is 13.7 Å². The molecule has 104 valence electrons. The van der Waals surface area contributed by atoms with E-state index in [2.05, 4.69) is 0 Å². The van der Waals surface area contributed by atoms with Crippen LogP contribution in [-0.4, -0.2) is 24.0 Å². The molecule has 2 bridgehead atoms. The zero-order valence-corrected chi connectivity index (χ0v) is 10.4. The van der Waals surface area contributed by atoms with Crippen molar-refractivity contribution in [1.82, 2.24) is 0 Å². The number of amides is 2. The quantitative estimate of drug-likeness (QED) is 0.734. The lowest BCUT2D eigenvalue weighted by Crippen LogP contribution is -2.34. The lowest BCUT2D eigenvalue weighted by molar-refractivity contribution is -0.124. The van der Waals surface area contributed by atoms with Crippen LogP contribution in [0.5, 0.6) is 0 Å². The summed E-state index contributed by atoms with van der Waals surface area (Å²) < 4.78 is 31.9. The summed E-state index contributed by atoms with van der Waals surface area (Å²) in [5, 5.41) is 0. The van der Waals surface area contributed by atoms with Crippen LogP contribution in [0.25, 0.3) is 0 Å². The first-order chi connectivity index (χ1) is 9.58. The lowest BCUT2D eigenvalue weighted by Gasteiger charge is -2.17. The molecule has 0 aliphatic carbocycles. The molecular formula is C14H11F2NO3. The van der Waals surface area contributed by atoms with Crippen LogP contribution < -0.4 is 4.90 Å². The molecule has 0 aromatic heterocycles. The third-order valence-electron chi connectivity index (χ3n) is 4.45. The fraction of sp³-hybridized carbons (Fsp3) is 0.429. The van der Waals surface area contributed by atoms with Gasteiger partial charge in [-0.2, -0.15) is 0 Å². The molecule has 0 unspecified atom stereocenters. The molecular weight excluding hydrogens is 268 g/mol. The first-order valence-electron chi connectivity index (χ1n) is 6.56. The Balaban J connectivity index is 1.74. The van der Waals surface area contributed by atoms with Crippen molar-refractivity contribution >= 4 is 17.5 Å². The predicted octanol–water partition coefficient (Wildman–Crippen LogP) is 1.63. The van der Waals surface area contributed by atoms with E-state index in [9.17, 15) is 18.4 Å². The summed E-state index contributed by atoms with van der Waals surface area (Å²) in [6.45, 7) is 0. The molecule has 1 aromatic carbocycles. The van der Waals surface area contributed by atoms with Gasteiger partial charge in [0.15, 0.2) is 11.6 Å². The number of carbonyl (C=O) groups is 2. The molecule has 3 aliphatic heterocycles. The van der Waals surface area contributed by atoms with Gasteiger partial charge in [0, 0.05) is 6.07 Å². The number of halogens is 2. The van der Waals surface area contributed by atoms with E-state index in [1.54, 1.807) is 0 Å². The van der Waals surface area contributed by atoms with Gasteiger partial charge in [-0.3, -0.25) is 9.59 Å². The normalized spacial score (nSPS) is 35.0. The van der Waals surface area contributed by atoms with Crippen molar-refractivity contribution in [2.75, 3.05) is 4.90 Å². The third kappa shape index (κ3) is 1.37. The van der Waals surface area contributed by atoms with E-state index in [1.165, 1.54) is 6.07 Å². The second-order valence-electron chi connectivity index (χ2n) is 5.45. The highest BCUT2D eigenvalue weighted by molar-refractivity contribution is 6.22. The minimum absolute atomic E-state index is 0.0905. The smallest absolute Gasteiger partial charge is 0.240 e. The largest absolute Gasteiger partial charge is 0.373 e. The van der Waals surface area contributed by atoms with Gasteiger partial charge >= 0.3 is 0 Å². The van der Waals surface area contributed by atoms with Crippen molar-refractivity contribution in [3.8, 4) is 0 Å². The SMILES string of the molecule is O=C1[C@@H]2[C@H](C(=O)N1c1ccc(F)c(F)c1)[C@H]1CC[C@@H]2O1. The fourth-order valence-corrected chi connectivity index (χ4v) is 3.59. The van der Waals surface area contributed by atoms with E-state index < -0.39 is 23.5 Å². The highest BCUT2D eigenvalue weighted by Crippen LogP contribution is 2.49. The fourth-order valence-electron chi connectivity index (χ4n) is 3.59. The molecule has 4 rings (SSSR count). The maximum absolute atomic E-state index is 13.3. The Morgan fingerprint density at radius 3 is 2.15 bits per heavy atom. The average molecular weight is 279 g/mol. The van der Waals surface area contributed by atoms with Crippen molar-refractivity contribution in [3.05, 3.63) is 29.8 Å². The second kappa shape index (κ2) is 3.85.